The zero-order valence-corrected chi connectivity index (χ0v) is 14.6. The third-order valence-corrected chi connectivity index (χ3v) is 4.13. The third-order valence-electron chi connectivity index (χ3n) is 4.13. The summed E-state index contributed by atoms with van der Waals surface area (Å²) in [6.45, 7) is 3.72. The first kappa shape index (κ1) is 18.7. The van der Waals surface area contributed by atoms with Gasteiger partial charge in [0.05, 0.1) is 13.5 Å². The summed E-state index contributed by atoms with van der Waals surface area (Å²) < 4.78 is 4.51. The highest BCUT2D eigenvalue weighted by atomic mass is 16.5. The number of hydrogen-bond acceptors (Lipinski definition) is 5. The summed E-state index contributed by atoms with van der Waals surface area (Å²) in [5.41, 5.74) is 0.876. The third kappa shape index (κ3) is 5.44. The Morgan fingerprint density at radius 2 is 1.96 bits per heavy atom. The predicted octanol–water partition coefficient (Wildman–Crippen LogP) is 0.430. The van der Waals surface area contributed by atoms with E-state index in [0.717, 1.165) is 5.56 Å². The number of ether oxygens (including phenoxy) is 1. The standard InChI is InChI=1S/C17H24N4O4/c1-13(19-17(24)25-2)16(23)21-8-4-7-20(9-10-21)15(22)11-14-5-3-6-18-12-14/h3,5-6,12-13H,4,7-11H2,1-2H3,(H,19,24). The van der Waals surface area contributed by atoms with Gasteiger partial charge in [0.15, 0.2) is 0 Å². The molecule has 8 nitrogen and oxygen atoms in total. The number of alkyl carbamates (subject to hydrolysis) is 1. The molecule has 136 valence electrons. The van der Waals surface area contributed by atoms with Crippen molar-refractivity contribution >= 4 is 17.9 Å². The van der Waals surface area contributed by atoms with Crippen molar-refractivity contribution in [2.45, 2.75) is 25.8 Å². The predicted molar refractivity (Wildman–Crippen MR) is 90.7 cm³/mol. The monoisotopic (exact) mass is 348 g/mol. The normalized spacial score (nSPS) is 15.9. The fraction of sp³-hybridized carbons (Fsp3) is 0.529. The lowest BCUT2D eigenvalue weighted by Crippen LogP contribution is -2.48. The maximum Gasteiger partial charge on any atom is 0.407 e. The van der Waals surface area contributed by atoms with Gasteiger partial charge >= 0.3 is 6.09 Å². The molecule has 8 heteroatoms. The highest BCUT2D eigenvalue weighted by Gasteiger charge is 2.26. The van der Waals surface area contributed by atoms with Crippen molar-refractivity contribution in [3.8, 4) is 0 Å². The lowest BCUT2D eigenvalue weighted by atomic mass is 10.2. The van der Waals surface area contributed by atoms with Crippen molar-refractivity contribution in [2.24, 2.45) is 0 Å². The Kier molecular flexibility index (Phi) is 6.73. The first-order chi connectivity index (χ1) is 12.0. The molecule has 25 heavy (non-hydrogen) atoms. The molecule has 3 amide bonds. The van der Waals surface area contributed by atoms with E-state index >= 15 is 0 Å². The minimum absolute atomic E-state index is 0.0306. The summed E-state index contributed by atoms with van der Waals surface area (Å²) in [6, 6.07) is 3.02. The molecule has 1 saturated heterocycles. The van der Waals surface area contributed by atoms with E-state index in [2.05, 4.69) is 15.0 Å². The molecule has 0 spiro atoms. The van der Waals surface area contributed by atoms with Crippen LogP contribution in [0.15, 0.2) is 24.5 Å². The Bertz CT molecular complexity index is 608. The average Bonchev–Trinajstić information content (AvgIpc) is 2.88. The highest BCUT2D eigenvalue weighted by Crippen LogP contribution is 2.08. The van der Waals surface area contributed by atoms with Gasteiger partial charge in [0, 0.05) is 38.6 Å². The number of nitrogens with zero attached hydrogens (tertiary/aromatic N) is 3. The Morgan fingerprint density at radius 1 is 1.24 bits per heavy atom. The number of nitrogens with one attached hydrogen (secondary N) is 1. The molecular weight excluding hydrogens is 324 g/mol. The van der Waals surface area contributed by atoms with Crippen LogP contribution in [0.25, 0.3) is 0 Å². The van der Waals surface area contributed by atoms with Crippen LogP contribution < -0.4 is 5.32 Å². The average molecular weight is 348 g/mol. The Labute approximate surface area is 147 Å². The van der Waals surface area contributed by atoms with Crippen LogP contribution in [-0.2, 0) is 20.7 Å². The van der Waals surface area contributed by atoms with Crippen molar-refractivity contribution in [3.63, 3.8) is 0 Å². The molecule has 1 atom stereocenters. The maximum absolute atomic E-state index is 12.4. The molecular formula is C17H24N4O4. The summed E-state index contributed by atoms with van der Waals surface area (Å²) in [4.78, 5) is 43.6. The fourth-order valence-corrected chi connectivity index (χ4v) is 2.75. The molecule has 2 rings (SSSR count). The van der Waals surface area contributed by atoms with Crippen LogP contribution in [0.3, 0.4) is 0 Å². The van der Waals surface area contributed by atoms with E-state index in [4.69, 9.17) is 0 Å². The van der Waals surface area contributed by atoms with Gasteiger partial charge in [-0.15, -0.1) is 0 Å². The van der Waals surface area contributed by atoms with Gasteiger partial charge in [0.2, 0.25) is 11.8 Å². The summed E-state index contributed by atoms with van der Waals surface area (Å²) in [6.07, 6.45) is 3.74. The molecule has 0 bridgehead atoms. The van der Waals surface area contributed by atoms with E-state index in [9.17, 15) is 14.4 Å². The number of hydrogen-bond donors (Lipinski definition) is 1. The van der Waals surface area contributed by atoms with Crippen molar-refractivity contribution < 1.29 is 19.1 Å². The topological polar surface area (TPSA) is 91.8 Å². The first-order valence-corrected chi connectivity index (χ1v) is 8.31. The Balaban J connectivity index is 1.87. The van der Waals surface area contributed by atoms with E-state index in [1.54, 1.807) is 35.2 Å². The zero-order valence-electron chi connectivity index (χ0n) is 14.6. The van der Waals surface area contributed by atoms with Crippen molar-refractivity contribution in [3.05, 3.63) is 30.1 Å². The van der Waals surface area contributed by atoms with Gasteiger partial charge in [-0.05, 0) is 25.0 Å². The van der Waals surface area contributed by atoms with Crippen molar-refractivity contribution in [1.82, 2.24) is 20.1 Å². The smallest absolute Gasteiger partial charge is 0.407 e. The van der Waals surface area contributed by atoms with Crippen molar-refractivity contribution in [1.29, 1.82) is 0 Å². The Morgan fingerprint density at radius 3 is 2.64 bits per heavy atom. The molecule has 0 radical (unpaired) electrons. The highest BCUT2D eigenvalue weighted by molar-refractivity contribution is 5.85. The van der Waals surface area contributed by atoms with E-state index in [-0.39, 0.29) is 11.8 Å². The van der Waals surface area contributed by atoms with Gasteiger partial charge in [-0.2, -0.15) is 0 Å². The maximum atomic E-state index is 12.4. The summed E-state index contributed by atoms with van der Waals surface area (Å²) >= 11 is 0. The van der Waals surface area contributed by atoms with Gasteiger partial charge in [0.25, 0.3) is 0 Å². The van der Waals surface area contributed by atoms with Gasteiger partial charge in [0.1, 0.15) is 6.04 Å². The number of methoxy groups -OCH3 is 1. The molecule has 0 saturated carbocycles. The largest absolute Gasteiger partial charge is 0.453 e. The minimum atomic E-state index is -0.662. The zero-order chi connectivity index (χ0) is 18.2. The van der Waals surface area contributed by atoms with Crippen LogP contribution in [-0.4, -0.2) is 72.0 Å². The van der Waals surface area contributed by atoms with Crippen LogP contribution >= 0.6 is 0 Å². The second-order valence-electron chi connectivity index (χ2n) is 5.96. The number of carbonyl (C=O) groups is 3. The molecule has 1 aromatic rings. The number of rotatable bonds is 4. The quantitative estimate of drug-likeness (QED) is 0.852. The van der Waals surface area contributed by atoms with Crippen molar-refractivity contribution in [2.75, 3.05) is 33.3 Å². The molecule has 1 fully saturated rings. The Hall–Kier alpha value is -2.64. The van der Waals surface area contributed by atoms with E-state index in [1.807, 2.05) is 6.07 Å². The molecule has 1 unspecified atom stereocenters. The van der Waals surface area contributed by atoms with Gasteiger partial charge in [-0.1, -0.05) is 6.07 Å². The summed E-state index contributed by atoms with van der Waals surface area (Å²) in [7, 11) is 1.25. The lowest BCUT2D eigenvalue weighted by molar-refractivity contribution is -0.134. The number of pyridine rings is 1. The van der Waals surface area contributed by atoms with Crippen LogP contribution in [0.4, 0.5) is 4.79 Å². The fourth-order valence-electron chi connectivity index (χ4n) is 2.75. The second kappa shape index (κ2) is 9.00. The van der Waals surface area contributed by atoms with Gasteiger partial charge in [-0.25, -0.2) is 4.79 Å². The van der Waals surface area contributed by atoms with E-state index in [0.29, 0.717) is 39.0 Å². The molecule has 2 heterocycles. The second-order valence-corrected chi connectivity index (χ2v) is 5.96. The van der Waals surface area contributed by atoms with Crippen LogP contribution in [0, 0.1) is 0 Å². The van der Waals surface area contributed by atoms with E-state index in [1.165, 1.54) is 7.11 Å². The van der Waals surface area contributed by atoms with Gasteiger partial charge in [-0.3, -0.25) is 14.6 Å². The van der Waals surface area contributed by atoms with Crippen LogP contribution in [0.1, 0.15) is 18.9 Å². The van der Waals surface area contributed by atoms with Crippen LogP contribution in [0.5, 0.6) is 0 Å². The number of carbonyl (C=O) groups excluding carboxylic acids is 3. The number of amides is 3. The van der Waals surface area contributed by atoms with Crippen LogP contribution in [0.2, 0.25) is 0 Å². The molecule has 1 aromatic heterocycles. The molecule has 0 aromatic carbocycles. The lowest BCUT2D eigenvalue weighted by Gasteiger charge is -2.25. The SMILES string of the molecule is COC(=O)NC(C)C(=O)N1CCCN(C(=O)Cc2cccnc2)CC1. The van der Waals surface area contributed by atoms with Gasteiger partial charge < -0.3 is 19.9 Å². The minimum Gasteiger partial charge on any atom is -0.453 e. The molecule has 1 aliphatic rings. The molecule has 1 N–H and O–H groups in total. The summed E-state index contributed by atoms with van der Waals surface area (Å²) in [5.74, 6) is -0.144. The molecule has 1 aliphatic heterocycles. The summed E-state index contributed by atoms with van der Waals surface area (Å²) in [5, 5.41) is 2.47. The first-order valence-electron chi connectivity index (χ1n) is 8.31. The number of aromatic nitrogens is 1. The molecule has 0 aliphatic carbocycles. The van der Waals surface area contributed by atoms with E-state index < -0.39 is 12.1 Å².